The fourth-order valence-corrected chi connectivity index (χ4v) is 5.46. The Labute approximate surface area is 194 Å². The third-order valence-corrected chi connectivity index (χ3v) is 6.98. The van der Waals surface area contributed by atoms with E-state index in [1.807, 2.05) is 47.4 Å². The molecule has 1 aliphatic heterocycles. The molecule has 5 heteroatoms. The van der Waals surface area contributed by atoms with Gasteiger partial charge in [-0.3, -0.25) is 9.69 Å². The van der Waals surface area contributed by atoms with Crippen LogP contribution in [0.4, 0.5) is 4.39 Å². The Hall–Kier alpha value is -2.50. The Morgan fingerprint density at radius 1 is 1.06 bits per heavy atom. The number of benzene rings is 2. The summed E-state index contributed by atoms with van der Waals surface area (Å²) in [6.07, 6.45) is 0. The van der Waals surface area contributed by atoms with Gasteiger partial charge in [-0.25, -0.2) is 4.39 Å². The van der Waals surface area contributed by atoms with Crippen LogP contribution in [0.15, 0.2) is 72.1 Å². The predicted octanol–water partition coefficient (Wildman–Crippen LogP) is 5.90. The number of amides is 1. The van der Waals surface area contributed by atoms with E-state index in [1.54, 1.807) is 23.5 Å². The van der Waals surface area contributed by atoms with Crippen LogP contribution in [0.2, 0.25) is 0 Å². The van der Waals surface area contributed by atoms with Gasteiger partial charge in [0.15, 0.2) is 0 Å². The van der Waals surface area contributed by atoms with E-state index in [-0.39, 0.29) is 17.6 Å². The molecule has 0 N–H and O–H groups in total. The highest BCUT2D eigenvalue weighted by atomic mass is 32.1. The van der Waals surface area contributed by atoms with Crippen LogP contribution in [0.25, 0.3) is 0 Å². The SMILES string of the molecule is CC(C)CN(CC1CN(Cc2cccs2)CC1c1ccc(F)cc1)C(=O)c1ccccc1. The summed E-state index contributed by atoms with van der Waals surface area (Å²) in [4.78, 5) is 19.2. The fraction of sp³-hybridized carbons (Fsp3) is 0.370. The molecular formula is C27H31FN2OS. The first-order valence-corrected chi connectivity index (χ1v) is 12.2. The first-order valence-electron chi connectivity index (χ1n) is 11.3. The standard InChI is InChI=1S/C27H31FN2OS/c1-20(2)15-30(27(31)22-7-4-3-5-8-22)17-23-16-29(18-25-9-6-14-32-25)19-26(23)21-10-12-24(28)13-11-21/h3-14,20,23,26H,15-19H2,1-2H3. The van der Waals surface area contributed by atoms with E-state index in [0.717, 1.165) is 37.3 Å². The first kappa shape index (κ1) is 22.7. The highest BCUT2D eigenvalue weighted by molar-refractivity contribution is 7.09. The zero-order valence-electron chi connectivity index (χ0n) is 18.8. The van der Waals surface area contributed by atoms with E-state index in [0.29, 0.717) is 18.4 Å². The second kappa shape index (κ2) is 10.4. The maximum absolute atomic E-state index is 13.6. The van der Waals surface area contributed by atoms with Gasteiger partial charge in [-0.05, 0) is 53.1 Å². The van der Waals surface area contributed by atoms with Crippen molar-refractivity contribution in [2.75, 3.05) is 26.2 Å². The average molecular weight is 451 g/mol. The summed E-state index contributed by atoms with van der Waals surface area (Å²) in [5.74, 6) is 0.837. The summed E-state index contributed by atoms with van der Waals surface area (Å²) >= 11 is 1.78. The Morgan fingerprint density at radius 3 is 2.47 bits per heavy atom. The van der Waals surface area contributed by atoms with Crippen LogP contribution in [-0.2, 0) is 6.54 Å². The van der Waals surface area contributed by atoms with Crippen molar-refractivity contribution in [3.63, 3.8) is 0 Å². The lowest BCUT2D eigenvalue weighted by Crippen LogP contribution is -2.39. The first-order chi connectivity index (χ1) is 15.5. The number of likely N-dealkylation sites (tertiary alicyclic amines) is 1. The van der Waals surface area contributed by atoms with E-state index in [2.05, 4.69) is 36.3 Å². The van der Waals surface area contributed by atoms with Crippen molar-refractivity contribution in [1.82, 2.24) is 9.80 Å². The van der Waals surface area contributed by atoms with Gasteiger partial charge < -0.3 is 4.90 Å². The quantitative estimate of drug-likeness (QED) is 0.426. The highest BCUT2D eigenvalue weighted by Gasteiger charge is 2.36. The van der Waals surface area contributed by atoms with Crippen LogP contribution in [-0.4, -0.2) is 41.9 Å². The summed E-state index contributed by atoms with van der Waals surface area (Å²) < 4.78 is 13.6. The van der Waals surface area contributed by atoms with Crippen LogP contribution < -0.4 is 0 Å². The number of rotatable bonds is 8. The number of carbonyl (C=O) groups is 1. The zero-order valence-corrected chi connectivity index (χ0v) is 19.6. The number of halogens is 1. The van der Waals surface area contributed by atoms with Gasteiger partial charge in [-0.1, -0.05) is 50.2 Å². The van der Waals surface area contributed by atoms with Crippen molar-refractivity contribution in [2.24, 2.45) is 11.8 Å². The Bertz CT molecular complexity index is 988. The Kier molecular flexibility index (Phi) is 7.38. The molecule has 0 aliphatic carbocycles. The molecule has 2 unspecified atom stereocenters. The molecule has 168 valence electrons. The van der Waals surface area contributed by atoms with Crippen molar-refractivity contribution in [2.45, 2.75) is 26.3 Å². The van der Waals surface area contributed by atoms with Crippen molar-refractivity contribution >= 4 is 17.2 Å². The van der Waals surface area contributed by atoms with Crippen molar-refractivity contribution < 1.29 is 9.18 Å². The van der Waals surface area contributed by atoms with Gasteiger partial charge >= 0.3 is 0 Å². The maximum atomic E-state index is 13.6. The smallest absolute Gasteiger partial charge is 0.253 e. The number of hydrogen-bond acceptors (Lipinski definition) is 3. The van der Waals surface area contributed by atoms with E-state index < -0.39 is 0 Å². The summed E-state index contributed by atoms with van der Waals surface area (Å²) in [6, 6.07) is 20.7. The van der Waals surface area contributed by atoms with Crippen LogP contribution in [0, 0.1) is 17.7 Å². The van der Waals surface area contributed by atoms with Crippen LogP contribution in [0.5, 0.6) is 0 Å². The normalized spacial score (nSPS) is 18.9. The monoisotopic (exact) mass is 450 g/mol. The van der Waals surface area contributed by atoms with Gasteiger partial charge in [0.2, 0.25) is 0 Å². The number of hydrogen-bond donors (Lipinski definition) is 0. The molecule has 0 bridgehead atoms. The number of thiophene rings is 1. The van der Waals surface area contributed by atoms with Crippen molar-refractivity contribution in [3.05, 3.63) is 93.9 Å². The van der Waals surface area contributed by atoms with E-state index in [9.17, 15) is 9.18 Å². The summed E-state index contributed by atoms with van der Waals surface area (Å²) in [7, 11) is 0. The summed E-state index contributed by atoms with van der Waals surface area (Å²) in [5, 5.41) is 2.11. The molecule has 1 aromatic heterocycles. The van der Waals surface area contributed by atoms with E-state index >= 15 is 0 Å². The third kappa shape index (κ3) is 5.64. The molecule has 1 saturated heterocycles. The second-order valence-electron chi connectivity index (χ2n) is 9.16. The van der Waals surface area contributed by atoms with Gasteiger partial charge in [-0.2, -0.15) is 0 Å². The molecule has 0 saturated carbocycles. The molecule has 32 heavy (non-hydrogen) atoms. The summed E-state index contributed by atoms with van der Waals surface area (Å²) in [5.41, 5.74) is 1.89. The molecule has 0 radical (unpaired) electrons. The van der Waals surface area contributed by atoms with Crippen molar-refractivity contribution in [3.8, 4) is 0 Å². The van der Waals surface area contributed by atoms with Gasteiger partial charge in [0, 0.05) is 49.1 Å². The Balaban J connectivity index is 1.57. The van der Waals surface area contributed by atoms with Gasteiger partial charge in [0.25, 0.3) is 5.91 Å². The zero-order chi connectivity index (χ0) is 22.5. The number of nitrogens with zero attached hydrogens (tertiary/aromatic N) is 2. The molecule has 2 heterocycles. The minimum Gasteiger partial charge on any atom is -0.338 e. The minimum atomic E-state index is -0.209. The van der Waals surface area contributed by atoms with Crippen LogP contribution in [0.1, 0.15) is 40.6 Å². The molecule has 0 spiro atoms. The van der Waals surface area contributed by atoms with E-state index in [1.165, 1.54) is 4.88 Å². The molecule has 1 aliphatic rings. The molecule has 1 fully saturated rings. The highest BCUT2D eigenvalue weighted by Crippen LogP contribution is 2.35. The number of carbonyl (C=O) groups excluding carboxylic acids is 1. The topological polar surface area (TPSA) is 23.6 Å². The average Bonchev–Trinajstić information content (AvgIpc) is 3.44. The molecule has 3 nitrogen and oxygen atoms in total. The van der Waals surface area contributed by atoms with Gasteiger partial charge in [-0.15, -0.1) is 11.3 Å². The minimum absolute atomic E-state index is 0.0915. The molecular weight excluding hydrogens is 419 g/mol. The maximum Gasteiger partial charge on any atom is 0.253 e. The predicted molar refractivity (Wildman–Crippen MR) is 129 cm³/mol. The summed E-state index contributed by atoms with van der Waals surface area (Å²) in [6.45, 7) is 8.50. The largest absolute Gasteiger partial charge is 0.338 e. The van der Waals surface area contributed by atoms with Crippen LogP contribution in [0.3, 0.4) is 0 Å². The lowest BCUT2D eigenvalue weighted by Gasteiger charge is -2.30. The third-order valence-electron chi connectivity index (χ3n) is 6.12. The lowest BCUT2D eigenvalue weighted by atomic mass is 9.88. The molecule has 2 atom stereocenters. The molecule has 1 amide bonds. The fourth-order valence-electron chi connectivity index (χ4n) is 4.71. The Morgan fingerprint density at radius 2 is 1.81 bits per heavy atom. The van der Waals surface area contributed by atoms with Gasteiger partial charge in [0.05, 0.1) is 0 Å². The second-order valence-corrected chi connectivity index (χ2v) is 10.2. The van der Waals surface area contributed by atoms with Gasteiger partial charge in [0.1, 0.15) is 5.82 Å². The lowest BCUT2D eigenvalue weighted by molar-refractivity contribution is 0.0703. The van der Waals surface area contributed by atoms with Crippen LogP contribution >= 0.6 is 11.3 Å². The van der Waals surface area contributed by atoms with E-state index in [4.69, 9.17) is 0 Å². The van der Waals surface area contributed by atoms with Crippen molar-refractivity contribution in [1.29, 1.82) is 0 Å². The molecule has 2 aromatic carbocycles. The molecule has 3 aromatic rings. The molecule has 4 rings (SSSR count).